The fourth-order valence-electron chi connectivity index (χ4n) is 1.04. The van der Waals surface area contributed by atoms with E-state index in [1.165, 1.54) is 12.1 Å². The Hall–Kier alpha value is -1.84. The highest BCUT2D eigenvalue weighted by atomic mass is 35.5. The molecule has 0 unspecified atom stereocenters. The van der Waals surface area contributed by atoms with Crippen LogP contribution in [0.5, 0.6) is 0 Å². The second-order valence-electron chi connectivity index (χ2n) is 4.70. The van der Waals surface area contributed by atoms with Gasteiger partial charge in [-0.2, -0.15) is 4.99 Å². The summed E-state index contributed by atoms with van der Waals surface area (Å²) in [7, 11) is 0. The van der Waals surface area contributed by atoms with Gasteiger partial charge in [-0.05, 0) is 18.2 Å². The minimum absolute atomic E-state index is 0.159. The third-order valence-electron chi connectivity index (χ3n) is 2.12. The third kappa shape index (κ3) is 3.87. The van der Waals surface area contributed by atoms with Crippen molar-refractivity contribution in [2.75, 3.05) is 5.43 Å². The summed E-state index contributed by atoms with van der Waals surface area (Å²) >= 11 is 5.96. The maximum Gasteiger partial charge on any atom is 0.243 e. The molecule has 2 N–H and O–H groups in total. The van der Waals surface area contributed by atoms with E-state index in [9.17, 15) is 9.59 Å². The van der Waals surface area contributed by atoms with Gasteiger partial charge in [0, 0.05) is 5.41 Å². The Balaban J connectivity index is 2.75. The van der Waals surface area contributed by atoms with Gasteiger partial charge in [-0.15, -0.1) is 0 Å². The van der Waals surface area contributed by atoms with E-state index in [0.717, 1.165) is 0 Å². The number of nitrogens with one attached hydrogen (secondary N) is 2. The fourth-order valence-corrected chi connectivity index (χ4v) is 1.26. The van der Waals surface area contributed by atoms with Crippen molar-refractivity contribution < 1.29 is 9.59 Å². The van der Waals surface area contributed by atoms with Crippen LogP contribution >= 0.6 is 11.6 Å². The minimum Gasteiger partial charge on any atom is -0.297 e. The average Bonchev–Trinajstić information content (AvgIpc) is 2.26. The Morgan fingerprint density at radius 3 is 2.56 bits per heavy atom. The highest BCUT2D eigenvalue weighted by Gasteiger charge is 2.20. The molecule has 1 amide bonds. The molecule has 5 nitrogen and oxygen atoms in total. The fraction of sp³-hybridized carbons (Fsp3) is 0.333. The number of anilines is 1. The van der Waals surface area contributed by atoms with Crippen molar-refractivity contribution in [3.05, 3.63) is 23.2 Å². The molecule has 0 heterocycles. The van der Waals surface area contributed by atoms with Crippen LogP contribution in [0.1, 0.15) is 20.8 Å². The number of aliphatic imine (C=N–C) groups is 1. The summed E-state index contributed by atoms with van der Waals surface area (Å²) in [5.74, 6) is -0.159. The van der Waals surface area contributed by atoms with Crippen molar-refractivity contribution in [1.29, 1.82) is 0 Å². The van der Waals surface area contributed by atoms with Gasteiger partial charge in [-0.25, -0.2) is 4.79 Å². The van der Waals surface area contributed by atoms with E-state index in [-0.39, 0.29) is 5.91 Å². The Kier molecular flexibility index (Phi) is 4.48. The highest BCUT2D eigenvalue weighted by molar-refractivity contribution is 6.33. The van der Waals surface area contributed by atoms with Gasteiger partial charge in [-0.1, -0.05) is 32.4 Å². The molecule has 1 aromatic rings. The first kappa shape index (κ1) is 14.2. The van der Waals surface area contributed by atoms with Crippen LogP contribution in [-0.2, 0) is 9.59 Å². The predicted octanol–water partition coefficient (Wildman–Crippen LogP) is 2.80. The lowest BCUT2D eigenvalue weighted by Gasteiger charge is -2.19. The van der Waals surface area contributed by atoms with Gasteiger partial charge >= 0.3 is 0 Å². The second-order valence-corrected chi connectivity index (χ2v) is 5.10. The number of carbonyl (C=O) groups is 1. The quantitative estimate of drug-likeness (QED) is 0.503. The molecule has 0 aromatic heterocycles. The summed E-state index contributed by atoms with van der Waals surface area (Å²) in [6.07, 6.45) is 1.43. The van der Waals surface area contributed by atoms with Gasteiger partial charge < -0.3 is 0 Å². The smallest absolute Gasteiger partial charge is 0.243 e. The van der Waals surface area contributed by atoms with E-state index in [0.29, 0.717) is 16.4 Å². The standard InChI is InChI=1S/C12H14ClN3O2/c1-12(2,3)11(18)16-15-10-5-4-8(14-7-17)6-9(10)13/h4-6,15H,1-3H3,(H,16,18). The summed E-state index contributed by atoms with van der Waals surface area (Å²) < 4.78 is 0. The SMILES string of the molecule is CC(C)(C)C(=O)NNc1ccc(N=C=O)cc1Cl. The number of halogens is 1. The van der Waals surface area contributed by atoms with Crippen molar-refractivity contribution in [2.45, 2.75) is 20.8 Å². The van der Waals surface area contributed by atoms with Gasteiger partial charge in [0.2, 0.25) is 12.0 Å². The number of rotatable bonds is 3. The van der Waals surface area contributed by atoms with E-state index in [1.54, 1.807) is 32.9 Å². The van der Waals surface area contributed by atoms with E-state index < -0.39 is 5.41 Å². The molecule has 0 saturated heterocycles. The monoisotopic (exact) mass is 267 g/mol. The molecule has 96 valence electrons. The van der Waals surface area contributed by atoms with Crippen LogP contribution < -0.4 is 10.9 Å². The lowest BCUT2D eigenvalue weighted by atomic mass is 9.96. The number of hydrogen-bond donors (Lipinski definition) is 2. The number of hydrogen-bond acceptors (Lipinski definition) is 4. The molecular formula is C12H14ClN3O2. The van der Waals surface area contributed by atoms with E-state index in [2.05, 4.69) is 15.8 Å². The van der Waals surface area contributed by atoms with Crippen LogP contribution in [0.4, 0.5) is 11.4 Å². The van der Waals surface area contributed by atoms with E-state index >= 15 is 0 Å². The van der Waals surface area contributed by atoms with Crippen molar-refractivity contribution in [3.8, 4) is 0 Å². The molecule has 1 rings (SSSR count). The largest absolute Gasteiger partial charge is 0.297 e. The van der Waals surface area contributed by atoms with Crippen molar-refractivity contribution >= 4 is 35.0 Å². The Bertz CT molecular complexity index is 503. The van der Waals surface area contributed by atoms with Crippen LogP contribution in [0, 0.1) is 5.41 Å². The molecule has 0 aliphatic rings. The number of isocyanates is 1. The van der Waals surface area contributed by atoms with Gasteiger partial charge in [0.05, 0.1) is 16.4 Å². The minimum atomic E-state index is -0.499. The lowest BCUT2D eigenvalue weighted by molar-refractivity contribution is -0.127. The van der Waals surface area contributed by atoms with Crippen molar-refractivity contribution in [3.63, 3.8) is 0 Å². The zero-order chi connectivity index (χ0) is 13.8. The summed E-state index contributed by atoms with van der Waals surface area (Å²) in [6.45, 7) is 5.40. The maximum atomic E-state index is 11.6. The number of hydrazine groups is 1. The summed E-state index contributed by atoms with van der Waals surface area (Å²) in [5, 5.41) is 0.348. The Morgan fingerprint density at radius 2 is 2.06 bits per heavy atom. The summed E-state index contributed by atoms with van der Waals surface area (Å²) in [4.78, 5) is 25.2. The predicted molar refractivity (Wildman–Crippen MR) is 70.5 cm³/mol. The van der Waals surface area contributed by atoms with Gasteiger partial charge in [0.15, 0.2) is 0 Å². The zero-order valence-electron chi connectivity index (χ0n) is 10.4. The first-order valence-corrected chi connectivity index (χ1v) is 5.66. The van der Waals surface area contributed by atoms with Crippen LogP contribution in [0.2, 0.25) is 5.02 Å². The van der Waals surface area contributed by atoms with Gasteiger partial charge in [0.25, 0.3) is 0 Å². The first-order chi connectivity index (χ1) is 8.34. The zero-order valence-corrected chi connectivity index (χ0v) is 11.1. The number of nitrogens with zero attached hydrogens (tertiary/aromatic N) is 1. The molecule has 18 heavy (non-hydrogen) atoms. The van der Waals surface area contributed by atoms with E-state index in [4.69, 9.17) is 11.6 Å². The van der Waals surface area contributed by atoms with Crippen LogP contribution in [0.15, 0.2) is 23.2 Å². The molecule has 0 aliphatic heterocycles. The summed E-state index contributed by atoms with van der Waals surface area (Å²) in [5.41, 5.74) is 5.70. The molecule has 0 bridgehead atoms. The Labute approximate surface area is 110 Å². The topological polar surface area (TPSA) is 70.6 Å². The number of amides is 1. The van der Waals surface area contributed by atoms with Crippen LogP contribution in [0.25, 0.3) is 0 Å². The van der Waals surface area contributed by atoms with Gasteiger partial charge in [-0.3, -0.25) is 15.6 Å². The van der Waals surface area contributed by atoms with Crippen molar-refractivity contribution in [1.82, 2.24) is 5.43 Å². The van der Waals surface area contributed by atoms with Gasteiger partial charge in [0.1, 0.15) is 0 Å². The molecule has 0 fully saturated rings. The molecule has 0 saturated carbocycles. The Morgan fingerprint density at radius 1 is 1.39 bits per heavy atom. The summed E-state index contributed by atoms with van der Waals surface area (Å²) in [6, 6.07) is 4.70. The third-order valence-corrected chi connectivity index (χ3v) is 2.43. The van der Waals surface area contributed by atoms with E-state index in [1.807, 2.05) is 0 Å². The molecule has 1 aromatic carbocycles. The normalized spacial score (nSPS) is 10.4. The lowest BCUT2D eigenvalue weighted by Crippen LogP contribution is -2.38. The van der Waals surface area contributed by atoms with Crippen LogP contribution in [-0.4, -0.2) is 12.0 Å². The number of benzene rings is 1. The number of carbonyl (C=O) groups excluding carboxylic acids is 2. The van der Waals surface area contributed by atoms with Crippen molar-refractivity contribution in [2.24, 2.45) is 10.4 Å². The molecule has 0 radical (unpaired) electrons. The molecule has 0 aliphatic carbocycles. The molecule has 0 spiro atoms. The molecule has 0 atom stereocenters. The molecular weight excluding hydrogens is 254 g/mol. The average molecular weight is 268 g/mol. The second kappa shape index (κ2) is 5.67. The van der Waals surface area contributed by atoms with Crippen LogP contribution in [0.3, 0.4) is 0 Å². The maximum absolute atomic E-state index is 11.6. The molecule has 6 heteroatoms. The first-order valence-electron chi connectivity index (χ1n) is 5.28. The highest BCUT2D eigenvalue weighted by Crippen LogP contribution is 2.26.